The lowest BCUT2D eigenvalue weighted by Crippen LogP contribution is -2.36. The summed E-state index contributed by atoms with van der Waals surface area (Å²) in [6, 6.07) is 3.29. The number of nitrogen functional groups attached to an aromatic ring is 1. The lowest BCUT2D eigenvalue weighted by molar-refractivity contribution is 0.0601. The molecule has 21 heavy (non-hydrogen) atoms. The third-order valence-corrected chi connectivity index (χ3v) is 4.11. The van der Waals surface area contributed by atoms with Gasteiger partial charge >= 0.3 is 5.97 Å². The smallest absolute Gasteiger partial charge is 0.340 e. The summed E-state index contributed by atoms with van der Waals surface area (Å²) in [4.78, 5) is 14.1. The van der Waals surface area contributed by atoms with Gasteiger partial charge in [-0.1, -0.05) is 11.6 Å². The Morgan fingerprint density at radius 1 is 1.38 bits per heavy atom. The fourth-order valence-electron chi connectivity index (χ4n) is 2.77. The molecule has 0 spiro atoms. The quantitative estimate of drug-likeness (QED) is 0.684. The fourth-order valence-corrected chi connectivity index (χ4v) is 3.11. The molecule has 0 aromatic heterocycles. The molecule has 0 unspecified atom stereocenters. The van der Waals surface area contributed by atoms with E-state index in [0.717, 1.165) is 32.5 Å². The number of piperidine rings is 1. The highest BCUT2D eigenvalue weighted by Crippen LogP contribution is 2.35. The van der Waals surface area contributed by atoms with Gasteiger partial charge in [0.2, 0.25) is 0 Å². The first-order valence-corrected chi connectivity index (χ1v) is 7.35. The highest BCUT2D eigenvalue weighted by molar-refractivity contribution is 6.34. The number of nitrogens with two attached hydrogens (primary N) is 1. The van der Waals surface area contributed by atoms with Crippen molar-refractivity contribution in [2.75, 3.05) is 44.5 Å². The SMILES string of the molecule is COCC1CCN(c2c(Cl)cc(N)cc2C(=O)OC)CC1. The van der Waals surface area contributed by atoms with Crippen molar-refractivity contribution in [1.29, 1.82) is 0 Å². The molecular weight excluding hydrogens is 292 g/mol. The molecule has 1 aromatic carbocycles. The number of halogens is 1. The summed E-state index contributed by atoms with van der Waals surface area (Å²) >= 11 is 6.31. The molecule has 0 amide bonds. The average Bonchev–Trinajstić information content (AvgIpc) is 2.47. The van der Waals surface area contributed by atoms with E-state index in [1.807, 2.05) is 0 Å². The lowest BCUT2D eigenvalue weighted by atomic mass is 9.96. The Balaban J connectivity index is 2.25. The third kappa shape index (κ3) is 3.60. The van der Waals surface area contributed by atoms with Crippen molar-refractivity contribution < 1.29 is 14.3 Å². The molecule has 2 rings (SSSR count). The van der Waals surface area contributed by atoms with Crippen molar-refractivity contribution in [3.63, 3.8) is 0 Å². The van der Waals surface area contributed by atoms with Crippen molar-refractivity contribution in [3.8, 4) is 0 Å². The minimum absolute atomic E-state index is 0.418. The van der Waals surface area contributed by atoms with E-state index in [0.29, 0.717) is 27.9 Å². The lowest BCUT2D eigenvalue weighted by Gasteiger charge is -2.34. The van der Waals surface area contributed by atoms with E-state index in [2.05, 4.69) is 4.90 Å². The summed E-state index contributed by atoms with van der Waals surface area (Å²) in [6.45, 7) is 2.44. The van der Waals surface area contributed by atoms with E-state index in [1.54, 1.807) is 19.2 Å². The molecule has 1 fully saturated rings. The largest absolute Gasteiger partial charge is 0.465 e. The van der Waals surface area contributed by atoms with E-state index < -0.39 is 5.97 Å². The second kappa shape index (κ2) is 7.00. The van der Waals surface area contributed by atoms with Crippen molar-refractivity contribution >= 4 is 28.9 Å². The number of anilines is 2. The number of hydrogen-bond donors (Lipinski definition) is 1. The van der Waals surface area contributed by atoms with Gasteiger partial charge in [0, 0.05) is 32.5 Å². The van der Waals surface area contributed by atoms with Crippen LogP contribution < -0.4 is 10.6 Å². The molecule has 0 bridgehead atoms. The summed E-state index contributed by atoms with van der Waals surface area (Å²) in [5.74, 6) is 0.138. The van der Waals surface area contributed by atoms with Crippen LogP contribution in [0.15, 0.2) is 12.1 Å². The number of ether oxygens (including phenoxy) is 2. The molecule has 6 heteroatoms. The van der Waals surface area contributed by atoms with Crippen LogP contribution in [0.2, 0.25) is 5.02 Å². The number of carbonyl (C=O) groups is 1. The molecule has 1 aliphatic rings. The Bertz CT molecular complexity index is 514. The highest BCUT2D eigenvalue weighted by atomic mass is 35.5. The first-order valence-electron chi connectivity index (χ1n) is 6.98. The topological polar surface area (TPSA) is 64.8 Å². The van der Waals surface area contributed by atoms with E-state index in [-0.39, 0.29) is 0 Å². The van der Waals surface area contributed by atoms with Gasteiger partial charge in [-0.05, 0) is 30.9 Å². The molecule has 1 aliphatic heterocycles. The zero-order chi connectivity index (χ0) is 15.4. The van der Waals surface area contributed by atoms with Crippen LogP contribution in [0.3, 0.4) is 0 Å². The van der Waals surface area contributed by atoms with E-state index in [1.165, 1.54) is 7.11 Å². The van der Waals surface area contributed by atoms with Crippen LogP contribution in [-0.2, 0) is 9.47 Å². The third-order valence-electron chi connectivity index (χ3n) is 3.82. The van der Waals surface area contributed by atoms with Crippen LogP contribution in [0.4, 0.5) is 11.4 Å². The monoisotopic (exact) mass is 312 g/mol. The zero-order valence-corrected chi connectivity index (χ0v) is 13.2. The summed E-state index contributed by atoms with van der Waals surface area (Å²) in [6.07, 6.45) is 2.02. The number of esters is 1. The van der Waals surface area contributed by atoms with Gasteiger partial charge < -0.3 is 20.1 Å². The normalized spacial score (nSPS) is 16.0. The molecule has 1 aromatic rings. The maximum Gasteiger partial charge on any atom is 0.340 e. The Morgan fingerprint density at radius 2 is 2.05 bits per heavy atom. The van der Waals surface area contributed by atoms with Gasteiger partial charge in [0.1, 0.15) is 0 Å². The molecule has 0 saturated carbocycles. The Morgan fingerprint density at radius 3 is 2.62 bits per heavy atom. The molecule has 0 atom stereocenters. The predicted molar refractivity (Wildman–Crippen MR) is 84.0 cm³/mol. The van der Waals surface area contributed by atoms with Crippen LogP contribution in [0.1, 0.15) is 23.2 Å². The van der Waals surface area contributed by atoms with Crippen molar-refractivity contribution in [3.05, 3.63) is 22.7 Å². The summed E-state index contributed by atoms with van der Waals surface area (Å²) in [5, 5.41) is 0.487. The van der Waals surface area contributed by atoms with Gasteiger partial charge in [0.05, 0.1) is 23.4 Å². The molecule has 116 valence electrons. The number of carbonyl (C=O) groups excluding carboxylic acids is 1. The van der Waals surface area contributed by atoms with Gasteiger partial charge in [-0.3, -0.25) is 0 Å². The van der Waals surface area contributed by atoms with Gasteiger partial charge in [-0.25, -0.2) is 4.79 Å². The number of methoxy groups -OCH3 is 2. The molecule has 5 nitrogen and oxygen atoms in total. The molecule has 0 aliphatic carbocycles. The molecule has 1 heterocycles. The van der Waals surface area contributed by atoms with Gasteiger partial charge in [-0.2, -0.15) is 0 Å². The first-order chi connectivity index (χ1) is 10.1. The Hall–Kier alpha value is -1.46. The zero-order valence-electron chi connectivity index (χ0n) is 12.4. The standard InChI is InChI=1S/C15H21ClN2O3/c1-20-9-10-3-5-18(6-4-10)14-12(15(19)21-2)7-11(17)8-13(14)16/h7-8,10H,3-6,9,17H2,1-2H3. The Kier molecular flexibility index (Phi) is 5.31. The van der Waals surface area contributed by atoms with Crippen LogP contribution in [0.5, 0.6) is 0 Å². The van der Waals surface area contributed by atoms with Crippen LogP contribution in [0, 0.1) is 5.92 Å². The van der Waals surface area contributed by atoms with Crippen molar-refractivity contribution in [1.82, 2.24) is 0 Å². The van der Waals surface area contributed by atoms with Crippen LogP contribution in [0.25, 0.3) is 0 Å². The minimum atomic E-state index is -0.418. The molecule has 1 saturated heterocycles. The summed E-state index contributed by atoms with van der Waals surface area (Å²) in [7, 11) is 3.08. The van der Waals surface area contributed by atoms with Crippen LogP contribution in [-0.4, -0.2) is 39.9 Å². The number of hydrogen-bond acceptors (Lipinski definition) is 5. The maximum absolute atomic E-state index is 12.0. The van der Waals surface area contributed by atoms with E-state index >= 15 is 0 Å². The maximum atomic E-state index is 12.0. The number of benzene rings is 1. The molecular formula is C15H21ClN2O3. The van der Waals surface area contributed by atoms with Gasteiger partial charge in [0.25, 0.3) is 0 Å². The van der Waals surface area contributed by atoms with Crippen LogP contribution >= 0.6 is 11.6 Å². The van der Waals surface area contributed by atoms with E-state index in [4.69, 9.17) is 26.8 Å². The second-order valence-corrected chi connectivity index (χ2v) is 5.68. The molecule has 0 radical (unpaired) electrons. The first kappa shape index (κ1) is 15.9. The second-order valence-electron chi connectivity index (χ2n) is 5.28. The Labute approximate surface area is 130 Å². The van der Waals surface area contributed by atoms with Crippen molar-refractivity contribution in [2.24, 2.45) is 5.92 Å². The number of rotatable bonds is 4. The van der Waals surface area contributed by atoms with Crippen molar-refractivity contribution in [2.45, 2.75) is 12.8 Å². The fraction of sp³-hybridized carbons (Fsp3) is 0.533. The predicted octanol–water partition coefficient (Wildman–Crippen LogP) is 2.57. The summed E-state index contributed by atoms with van der Waals surface area (Å²) in [5.41, 5.74) is 7.38. The highest BCUT2D eigenvalue weighted by Gasteiger charge is 2.25. The number of nitrogens with zero attached hydrogens (tertiary/aromatic N) is 1. The van der Waals surface area contributed by atoms with Gasteiger partial charge in [0.15, 0.2) is 0 Å². The van der Waals surface area contributed by atoms with Gasteiger partial charge in [-0.15, -0.1) is 0 Å². The summed E-state index contributed by atoms with van der Waals surface area (Å²) < 4.78 is 10.0. The minimum Gasteiger partial charge on any atom is -0.465 e. The van der Waals surface area contributed by atoms with E-state index in [9.17, 15) is 4.79 Å². The average molecular weight is 313 g/mol. The molecule has 2 N–H and O–H groups in total.